The molecule has 6 heteroatoms. The quantitative estimate of drug-likeness (QED) is 0.872. The Morgan fingerprint density at radius 1 is 1.40 bits per heavy atom. The fourth-order valence-corrected chi connectivity index (χ4v) is 1.89. The van der Waals surface area contributed by atoms with Gasteiger partial charge >= 0.3 is 5.97 Å². The van der Waals surface area contributed by atoms with Gasteiger partial charge in [0.15, 0.2) is 11.5 Å². The number of hydrogen-bond donors (Lipinski definition) is 2. The van der Waals surface area contributed by atoms with Crippen LogP contribution in [-0.2, 0) is 6.54 Å². The molecule has 0 saturated heterocycles. The monoisotopic (exact) mass is 275 g/mol. The highest BCUT2D eigenvalue weighted by Crippen LogP contribution is 2.22. The summed E-state index contributed by atoms with van der Waals surface area (Å²) in [5, 5.41) is 15.4. The number of benzene rings is 1. The number of nitrogens with one attached hydrogen (secondary N) is 1. The molecule has 0 aliphatic rings. The molecule has 2 aromatic rings. The van der Waals surface area contributed by atoms with Gasteiger partial charge in [0, 0.05) is 31.5 Å². The molecule has 0 unspecified atom stereocenters. The number of carboxylic acids is 1. The van der Waals surface area contributed by atoms with E-state index in [0.717, 1.165) is 11.4 Å². The molecule has 0 saturated carbocycles. The van der Waals surface area contributed by atoms with Gasteiger partial charge in [-0.1, -0.05) is 11.2 Å². The molecule has 0 amide bonds. The van der Waals surface area contributed by atoms with Crippen LogP contribution < -0.4 is 10.2 Å². The molecule has 20 heavy (non-hydrogen) atoms. The fraction of sp³-hybridized carbons (Fsp3) is 0.286. The lowest BCUT2D eigenvalue weighted by atomic mass is 10.1. The summed E-state index contributed by atoms with van der Waals surface area (Å²) in [5.74, 6) is -0.611. The Balaban J connectivity index is 2.06. The van der Waals surface area contributed by atoms with Crippen molar-refractivity contribution in [3.8, 4) is 0 Å². The van der Waals surface area contributed by atoms with Crippen molar-refractivity contribution in [1.29, 1.82) is 0 Å². The summed E-state index contributed by atoms with van der Waals surface area (Å²) < 4.78 is 4.95. The maximum absolute atomic E-state index is 10.7. The third-order valence-corrected chi connectivity index (χ3v) is 2.94. The Hall–Kier alpha value is -2.50. The van der Waals surface area contributed by atoms with Crippen LogP contribution >= 0.6 is 0 Å². The molecule has 2 N–H and O–H groups in total. The van der Waals surface area contributed by atoms with Crippen molar-refractivity contribution in [1.82, 2.24) is 5.16 Å². The Kier molecular flexibility index (Phi) is 3.93. The van der Waals surface area contributed by atoms with E-state index in [0.29, 0.717) is 12.3 Å². The summed E-state index contributed by atoms with van der Waals surface area (Å²) in [6.07, 6.45) is 0. The van der Waals surface area contributed by atoms with Gasteiger partial charge in [0.25, 0.3) is 0 Å². The minimum Gasteiger partial charge on any atom is -0.476 e. The van der Waals surface area contributed by atoms with Gasteiger partial charge in [0.2, 0.25) is 0 Å². The van der Waals surface area contributed by atoms with E-state index < -0.39 is 5.97 Å². The van der Waals surface area contributed by atoms with Gasteiger partial charge in [-0.25, -0.2) is 4.79 Å². The molecule has 0 aliphatic heterocycles. The molecule has 6 nitrogen and oxygen atoms in total. The first-order valence-electron chi connectivity index (χ1n) is 6.18. The average molecular weight is 275 g/mol. The van der Waals surface area contributed by atoms with Crippen LogP contribution in [0.3, 0.4) is 0 Å². The molecular weight excluding hydrogens is 258 g/mol. The van der Waals surface area contributed by atoms with Crippen molar-refractivity contribution in [3.05, 3.63) is 41.3 Å². The summed E-state index contributed by atoms with van der Waals surface area (Å²) >= 11 is 0. The van der Waals surface area contributed by atoms with Crippen LogP contribution in [0.1, 0.15) is 21.8 Å². The van der Waals surface area contributed by atoms with E-state index in [1.807, 2.05) is 37.2 Å². The van der Waals surface area contributed by atoms with Gasteiger partial charge in [-0.15, -0.1) is 0 Å². The number of carbonyl (C=O) groups is 1. The molecule has 2 rings (SSSR count). The largest absolute Gasteiger partial charge is 0.476 e. The van der Waals surface area contributed by atoms with Crippen molar-refractivity contribution < 1.29 is 14.4 Å². The van der Waals surface area contributed by atoms with Crippen LogP contribution in [0.2, 0.25) is 0 Å². The van der Waals surface area contributed by atoms with E-state index in [-0.39, 0.29) is 5.69 Å². The number of rotatable bonds is 5. The van der Waals surface area contributed by atoms with E-state index >= 15 is 0 Å². The highest BCUT2D eigenvalue weighted by atomic mass is 16.5. The van der Waals surface area contributed by atoms with Crippen molar-refractivity contribution in [2.24, 2.45) is 0 Å². The standard InChI is InChI=1S/C14H17N3O3/c1-9-4-5-10(6-13(9)17(2)3)15-8-11-7-12(14(18)19)16-20-11/h4-7,15H,8H2,1-3H3,(H,18,19). The summed E-state index contributed by atoms with van der Waals surface area (Å²) in [7, 11) is 3.98. The third kappa shape index (κ3) is 3.09. The lowest BCUT2D eigenvalue weighted by Gasteiger charge is -2.17. The zero-order chi connectivity index (χ0) is 14.7. The number of aryl methyl sites for hydroxylation is 1. The van der Waals surface area contributed by atoms with E-state index in [1.54, 1.807) is 0 Å². The van der Waals surface area contributed by atoms with Crippen LogP contribution in [0.25, 0.3) is 0 Å². The predicted molar refractivity (Wildman–Crippen MR) is 76.3 cm³/mol. The summed E-state index contributed by atoms with van der Waals surface area (Å²) in [6, 6.07) is 7.44. The van der Waals surface area contributed by atoms with Crippen molar-refractivity contribution in [2.75, 3.05) is 24.3 Å². The first-order chi connectivity index (χ1) is 9.47. The molecule has 0 spiro atoms. The molecule has 1 aromatic carbocycles. The second-order valence-electron chi connectivity index (χ2n) is 4.73. The van der Waals surface area contributed by atoms with Crippen LogP contribution in [-0.4, -0.2) is 30.3 Å². The van der Waals surface area contributed by atoms with E-state index in [2.05, 4.69) is 17.4 Å². The summed E-state index contributed by atoms with van der Waals surface area (Å²) in [5.41, 5.74) is 3.17. The molecule has 0 bridgehead atoms. The van der Waals surface area contributed by atoms with Gasteiger partial charge in [-0.2, -0.15) is 0 Å². The fourth-order valence-electron chi connectivity index (χ4n) is 1.89. The van der Waals surface area contributed by atoms with Gasteiger partial charge in [-0.3, -0.25) is 0 Å². The molecular formula is C14H17N3O3. The molecule has 0 aliphatic carbocycles. The molecule has 0 radical (unpaired) electrons. The number of carboxylic acid groups (broad SMARTS) is 1. The topological polar surface area (TPSA) is 78.6 Å². The first-order valence-corrected chi connectivity index (χ1v) is 6.18. The van der Waals surface area contributed by atoms with Crippen LogP contribution in [0.5, 0.6) is 0 Å². The first kappa shape index (κ1) is 13.9. The minimum absolute atomic E-state index is 0.0836. The zero-order valence-electron chi connectivity index (χ0n) is 11.7. The van der Waals surface area contributed by atoms with Crippen LogP contribution in [0.15, 0.2) is 28.8 Å². The second kappa shape index (κ2) is 5.64. The normalized spacial score (nSPS) is 10.3. The zero-order valence-corrected chi connectivity index (χ0v) is 11.7. The Bertz CT molecular complexity index is 620. The van der Waals surface area contributed by atoms with Crippen molar-refractivity contribution in [2.45, 2.75) is 13.5 Å². The lowest BCUT2D eigenvalue weighted by Crippen LogP contribution is -2.10. The van der Waals surface area contributed by atoms with Gasteiger partial charge < -0.3 is 19.8 Å². The van der Waals surface area contributed by atoms with Gasteiger partial charge in [-0.05, 0) is 24.6 Å². The number of aromatic carboxylic acids is 1. The average Bonchev–Trinajstić information content (AvgIpc) is 2.86. The van der Waals surface area contributed by atoms with E-state index in [1.165, 1.54) is 11.6 Å². The third-order valence-electron chi connectivity index (χ3n) is 2.94. The maximum Gasteiger partial charge on any atom is 0.358 e. The molecule has 106 valence electrons. The highest BCUT2D eigenvalue weighted by molar-refractivity contribution is 5.85. The second-order valence-corrected chi connectivity index (χ2v) is 4.73. The number of nitrogens with zero attached hydrogens (tertiary/aromatic N) is 2. The number of aromatic nitrogens is 1. The Labute approximate surface area is 117 Å². The molecule has 0 atom stereocenters. The summed E-state index contributed by atoms with van der Waals surface area (Å²) in [4.78, 5) is 12.7. The van der Waals surface area contributed by atoms with Crippen molar-refractivity contribution >= 4 is 17.3 Å². The van der Waals surface area contributed by atoms with Crippen LogP contribution in [0.4, 0.5) is 11.4 Å². The molecule has 1 aromatic heterocycles. The van der Waals surface area contributed by atoms with E-state index in [9.17, 15) is 4.79 Å². The highest BCUT2D eigenvalue weighted by Gasteiger charge is 2.10. The number of hydrogen-bond acceptors (Lipinski definition) is 5. The minimum atomic E-state index is -1.09. The van der Waals surface area contributed by atoms with Crippen molar-refractivity contribution in [3.63, 3.8) is 0 Å². The Morgan fingerprint density at radius 2 is 2.15 bits per heavy atom. The lowest BCUT2D eigenvalue weighted by molar-refractivity contribution is 0.0685. The van der Waals surface area contributed by atoms with E-state index in [4.69, 9.17) is 9.63 Å². The molecule has 1 heterocycles. The van der Waals surface area contributed by atoms with Gasteiger partial charge in [0.1, 0.15) is 0 Å². The maximum atomic E-state index is 10.7. The van der Waals surface area contributed by atoms with Gasteiger partial charge in [0.05, 0.1) is 6.54 Å². The smallest absolute Gasteiger partial charge is 0.358 e. The number of anilines is 2. The van der Waals surface area contributed by atoms with Crippen LogP contribution in [0, 0.1) is 6.92 Å². The SMILES string of the molecule is Cc1ccc(NCc2cc(C(=O)O)no2)cc1N(C)C. The summed E-state index contributed by atoms with van der Waals surface area (Å²) in [6.45, 7) is 2.44. The predicted octanol–water partition coefficient (Wildman–Crippen LogP) is 2.36. The molecule has 0 fully saturated rings. The Morgan fingerprint density at radius 3 is 2.75 bits per heavy atom.